The Morgan fingerprint density at radius 1 is 1.54 bits per heavy atom. The molecule has 0 atom stereocenters. The Labute approximate surface area is 84.5 Å². The molecular weight excluding hydrogens is 232 g/mol. The van der Waals surface area contributed by atoms with Crippen LogP contribution in [0.4, 0.5) is 5.69 Å². The Hall–Kier alpha value is -1.34. The number of rotatable bonds is 1. The van der Waals surface area contributed by atoms with Crippen LogP contribution in [0.2, 0.25) is 0 Å². The maximum atomic E-state index is 10.7. The highest BCUT2D eigenvalue weighted by Crippen LogP contribution is 2.18. The molecule has 0 radical (unpaired) electrons. The number of carbonyl (C=O) groups excluding carboxylic acids is 1. The lowest BCUT2D eigenvalue weighted by Gasteiger charge is -2.02. The first-order chi connectivity index (χ1) is 6.11. The second-order valence-corrected chi connectivity index (χ2v) is 3.44. The van der Waals surface area contributed by atoms with E-state index in [1.807, 2.05) is 6.07 Å². The van der Waals surface area contributed by atoms with Crippen molar-refractivity contribution in [2.45, 2.75) is 6.92 Å². The summed E-state index contributed by atoms with van der Waals surface area (Å²) >= 11 is 3.24. The Morgan fingerprint density at radius 3 is 2.77 bits per heavy atom. The van der Waals surface area contributed by atoms with Crippen LogP contribution < -0.4 is 5.32 Å². The number of nitrogens with zero attached hydrogens (tertiary/aromatic N) is 1. The van der Waals surface area contributed by atoms with Crippen molar-refractivity contribution in [3.8, 4) is 6.07 Å². The van der Waals surface area contributed by atoms with E-state index in [4.69, 9.17) is 5.26 Å². The predicted octanol–water partition coefficient (Wildman–Crippen LogP) is 2.28. The van der Waals surface area contributed by atoms with Crippen molar-refractivity contribution in [1.29, 1.82) is 5.26 Å². The number of amides is 1. The number of anilines is 1. The molecule has 1 aromatic rings. The third-order valence-corrected chi connectivity index (χ3v) is 1.81. The molecule has 1 rings (SSSR count). The van der Waals surface area contributed by atoms with Gasteiger partial charge in [0.25, 0.3) is 0 Å². The lowest BCUT2D eigenvalue weighted by atomic mass is 10.2. The van der Waals surface area contributed by atoms with Crippen molar-refractivity contribution < 1.29 is 4.79 Å². The number of nitriles is 1. The van der Waals surface area contributed by atoms with Gasteiger partial charge in [-0.25, -0.2) is 0 Å². The van der Waals surface area contributed by atoms with E-state index in [-0.39, 0.29) is 5.91 Å². The second kappa shape index (κ2) is 4.06. The van der Waals surface area contributed by atoms with Gasteiger partial charge in [0, 0.05) is 17.1 Å². The van der Waals surface area contributed by atoms with Gasteiger partial charge in [-0.2, -0.15) is 5.26 Å². The van der Waals surface area contributed by atoms with Gasteiger partial charge in [-0.1, -0.05) is 15.9 Å². The first-order valence-corrected chi connectivity index (χ1v) is 4.39. The summed E-state index contributed by atoms with van der Waals surface area (Å²) in [6.07, 6.45) is 0. The van der Waals surface area contributed by atoms with Crippen molar-refractivity contribution in [3.63, 3.8) is 0 Å². The highest BCUT2D eigenvalue weighted by Gasteiger charge is 1.99. The Kier molecular flexibility index (Phi) is 3.04. The van der Waals surface area contributed by atoms with Gasteiger partial charge in [0.15, 0.2) is 0 Å². The minimum absolute atomic E-state index is 0.151. The maximum absolute atomic E-state index is 10.7. The first-order valence-electron chi connectivity index (χ1n) is 3.60. The minimum Gasteiger partial charge on any atom is -0.326 e. The van der Waals surface area contributed by atoms with Gasteiger partial charge in [0.05, 0.1) is 11.6 Å². The molecule has 1 aromatic carbocycles. The molecule has 4 heteroatoms. The molecule has 0 saturated carbocycles. The quantitative estimate of drug-likeness (QED) is 0.817. The molecule has 0 aromatic heterocycles. The summed E-state index contributed by atoms with van der Waals surface area (Å²) in [5.74, 6) is -0.151. The molecule has 66 valence electrons. The van der Waals surface area contributed by atoms with Gasteiger partial charge >= 0.3 is 0 Å². The van der Waals surface area contributed by atoms with Gasteiger partial charge in [-0.3, -0.25) is 4.79 Å². The van der Waals surface area contributed by atoms with Crippen molar-refractivity contribution >= 4 is 27.5 Å². The van der Waals surface area contributed by atoms with Crippen molar-refractivity contribution in [3.05, 3.63) is 28.2 Å². The van der Waals surface area contributed by atoms with Crippen LogP contribution in [0.15, 0.2) is 22.7 Å². The number of nitrogens with one attached hydrogen (secondary N) is 1. The molecule has 0 unspecified atom stereocenters. The van der Waals surface area contributed by atoms with Gasteiger partial charge in [0.2, 0.25) is 5.91 Å². The smallest absolute Gasteiger partial charge is 0.221 e. The molecule has 0 bridgehead atoms. The molecular formula is C9H7BrN2O. The van der Waals surface area contributed by atoms with E-state index in [1.165, 1.54) is 6.92 Å². The number of carbonyl (C=O) groups is 1. The van der Waals surface area contributed by atoms with Crippen LogP contribution in [0.25, 0.3) is 0 Å². The van der Waals surface area contributed by atoms with Crippen LogP contribution >= 0.6 is 15.9 Å². The summed E-state index contributed by atoms with van der Waals surface area (Å²) in [5, 5.41) is 11.2. The first kappa shape index (κ1) is 9.75. The van der Waals surface area contributed by atoms with E-state index < -0.39 is 0 Å². The maximum Gasteiger partial charge on any atom is 0.221 e. The Bertz CT molecular complexity index is 382. The zero-order valence-electron chi connectivity index (χ0n) is 6.97. The topological polar surface area (TPSA) is 52.9 Å². The fourth-order valence-corrected chi connectivity index (χ4v) is 1.42. The van der Waals surface area contributed by atoms with E-state index in [9.17, 15) is 4.79 Å². The molecule has 0 aliphatic heterocycles. The largest absolute Gasteiger partial charge is 0.326 e. The molecule has 1 N–H and O–H groups in total. The summed E-state index contributed by atoms with van der Waals surface area (Å²) in [6, 6.07) is 7.04. The van der Waals surface area contributed by atoms with Crippen molar-refractivity contribution in [1.82, 2.24) is 0 Å². The van der Waals surface area contributed by atoms with Gasteiger partial charge in [-0.15, -0.1) is 0 Å². The number of benzene rings is 1. The van der Waals surface area contributed by atoms with Gasteiger partial charge in [0.1, 0.15) is 0 Å². The third-order valence-electron chi connectivity index (χ3n) is 1.35. The van der Waals surface area contributed by atoms with E-state index in [1.54, 1.807) is 18.2 Å². The molecule has 0 aliphatic rings. The standard InChI is InChI=1S/C9H7BrN2O/c1-6(13)12-9-3-7(5-11)2-8(10)4-9/h2-4H,1H3,(H,12,13). The van der Waals surface area contributed by atoms with Gasteiger partial charge in [-0.05, 0) is 18.2 Å². The number of hydrogen-bond acceptors (Lipinski definition) is 2. The average Bonchev–Trinajstić information content (AvgIpc) is 2.01. The summed E-state index contributed by atoms with van der Waals surface area (Å²) in [4.78, 5) is 10.7. The predicted molar refractivity (Wildman–Crippen MR) is 53.2 cm³/mol. The van der Waals surface area contributed by atoms with E-state index >= 15 is 0 Å². The van der Waals surface area contributed by atoms with Crippen molar-refractivity contribution in [2.75, 3.05) is 5.32 Å². The van der Waals surface area contributed by atoms with E-state index in [0.29, 0.717) is 11.3 Å². The molecule has 1 amide bonds. The number of hydrogen-bond donors (Lipinski definition) is 1. The molecule has 0 spiro atoms. The van der Waals surface area contributed by atoms with Crippen LogP contribution in [-0.4, -0.2) is 5.91 Å². The zero-order chi connectivity index (χ0) is 9.84. The van der Waals surface area contributed by atoms with Crippen LogP contribution in [-0.2, 0) is 4.79 Å². The summed E-state index contributed by atoms with van der Waals surface area (Å²) in [5.41, 5.74) is 1.14. The lowest BCUT2D eigenvalue weighted by molar-refractivity contribution is -0.114. The third kappa shape index (κ3) is 2.88. The molecule has 0 fully saturated rings. The SMILES string of the molecule is CC(=O)Nc1cc(Br)cc(C#N)c1. The van der Waals surface area contributed by atoms with Crippen LogP contribution in [0, 0.1) is 11.3 Å². The van der Waals surface area contributed by atoms with Crippen LogP contribution in [0.5, 0.6) is 0 Å². The molecule has 13 heavy (non-hydrogen) atoms. The molecule has 0 saturated heterocycles. The molecule has 3 nitrogen and oxygen atoms in total. The molecule has 0 aliphatic carbocycles. The highest BCUT2D eigenvalue weighted by atomic mass is 79.9. The minimum atomic E-state index is -0.151. The van der Waals surface area contributed by atoms with Crippen molar-refractivity contribution in [2.24, 2.45) is 0 Å². The van der Waals surface area contributed by atoms with Crippen LogP contribution in [0.1, 0.15) is 12.5 Å². The lowest BCUT2D eigenvalue weighted by Crippen LogP contribution is -2.05. The van der Waals surface area contributed by atoms with Crippen LogP contribution in [0.3, 0.4) is 0 Å². The monoisotopic (exact) mass is 238 g/mol. The zero-order valence-corrected chi connectivity index (χ0v) is 8.55. The summed E-state index contributed by atoms with van der Waals surface area (Å²) in [7, 11) is 0. The Morgan fingerprint density at radius 2 is 2.23 bits per heavy atom. The average molecular weight is 239 g/mol. The van der Waals surface area contributed by atoms with E-state index in [2.05, 4.69) is 21.2 Å². The Balaban J connectivity index is 3.03. The fourth-order valence-electron chi connectivity index (χ4n) is 0.930. The summed E-state index contributed by atoms with van der Waals surface area (Å²) in [6.45, 7) is 1.42. The van der Waals surface area contributed by atoms with E-state index in [0.717, 1.165) is 4.47 Å². The summed E-state index contributed by atoms with van der Waals surface area (Å²) < 4.78 is 0.773. The number of halogens is 1. The van der Waals surface area contributed by atoms with Gasteiger partial charge < -0.3 is 5.32 Å². The fraction of sp³-hybridized carbons (Fsp3) is 0.111. The molecule has 0 heterocycles. The second-order valence-electron chi connectivity index (χ2n) is 2.52. The highest BCUT2D eigenvalue weighted by molar-refractivity contribution is 9.10. The normalized spacial score (nSPS) is 9.00.